The predicted octanol–water partition coefficient (Wildman–Crippen LogP) is 3.16. The molecule has 0 saturated heterocycles. The van der Waals surface area contributed by atoms with Crippen molar-refractivity contribution in [1.29, 1.82) is 0 Å². The van der Waals surface area contributed by atoms with E-state index in [2.05, 4.69) is 33.9 Å². The summed E-state index contributed by atoms with van der Waals surface area (Å²) in [6, 6.07) is 0. The number of hydrogen-bond donors (Lipinski definition) is 0. The van der Waals surface area contributed by atoms with Crippen molar-refractivity contribution in [2.24, 2.45) is 5.41 Å². The second-order valence-electron chi connectivity index (χ2n) is 3.60. The summed E-state index contributed by atoms with van der Waals surface area (Å²) >= 11 is 0. The molecule has 9 heavy (non-hydrogen) atoms. The minimum absolute atomic E-state index is 0.352. The van der Waals surface area contributed by atoms with Crippen LogP contribution in [0.4, 0.5) is 0 Å². The predicted molar refractivity (Wildman–Crippen MR) is 43.4 cm³/mol. The summed E-state index contributed by atoms with van der Waals surface area (Å²) in [5.74, 6) is 0. The van der Waals surface area contributed by atoms with Gasteiger partial charge in [-0.25, -0.2) is 0 Å². The molecule has 0 aromatic rings. The molecule has 0 saturated carbocycles. The van der Waals surface area contributed by atoms with Gasteiger partial charge >= 0.3 is 0 Å². The van der Waals surface area contributed by atoms with E-state index < -0.39 is 0 Å². The molecule has 0 atom stereocenters. The molecule has 0 rings (SSSR count). The molecule has 0 aromatic heterocycles. The lowest BCUT2D eigenvalue weighted by atomic mass is 9.89. The highest BCUT2D eigenvalue weighted by molar-refractivity contribution is 5.12. The molecule has 0 amide bonds. The lowest BCUT2D eigenvalue weighted by Gasteiger charge is -2.17. The van der Waals surface area contributed by atoms with Crippen LogP contribution in [0, 0.1) is 5.41 Å². The molecule has 52 valence electrons. The summed E-state index contributed by atoms with van der Waals surface area (Å²) in [7, 11) is 0. The van der Waals surface area contributed by atoms with Gasteiger partial charge in [0.1, 0.15) is 0 Å². The third kappa shape index (κ3) is 5.35. The van der Waals surface area contributed by atoms with Crippen LogP contribution in [-0.4, -0.2) is 0 Å². The zero-order valence-corrected chi connectivity index (χ0v) is 6.70. The minimum atomic E-state index is 0.352. The summed E-state index contributed by atoms with van der Waals surface area (Å²) < 4.78 is 0. The molecule has 0 aliphatic heterocycles. The quantitative estimate of drug-likeness (QED) is 0.496. The van der Waals surface area contributed by atoms with Crippen molar-refractivity contribution < 1.29 is 0 Å². The van der Waals surface area contributed by atoms with E-state index in [1.54, 1.807) is 0 Å². The fraction of sp³-hybridized carbons (Fsp3) is 0.556. The Bertz CT molecular complexity index is 112. The Kier molecular flexibility index (Phi) is 2.69. The SMILES string of the molecule is C=CC(=C)CC(C)(C)C. The monoisotopic (exact) mass is 124 g/mol. The van der Waals surface area contributed by atoms with E-state index in [0.29, 0.717) is 5.41 Å². The Balaban J connectivity index is 3.74. The first-order valence-corrected chi connectivity index (χ1v) is 3.26. The third-order valence-corrected chi connectivity index (χ3v) is 1.05. The minimum Gasteiger partial charge on any atom is -0.0988 e. The van der Waals surface area contributed by atoms with Crippen molar-refractivity contribution >= 4 is 0 Å². The van der Waals surface area contributed by atoms with Crippen LogP contribution < -0.4 is 0 Å². The maximum atomic E-state index is 3.84. The van der Waals surface area contributed by atoms with E-state index >= 15 is 0 Å². The lowest BCUT2D eigenvalue weighted by molar-refractivity contribution is 0.414. The summed E-state index contributed by atoms with van der Waals surface area (Å²) in [6.07, 6.45) is 2.86. The highest BCUT2D eigenvalue weighted by Crippen LogP contribution is 2.22. The van der Waals surface area contributed by atoms with Gasteiger partial charge in [0.2, 0.25) is 0 Å². The van der Waals surface area contributed by atoms with E-state index in [1.807, 2.05) is 6.08 Å². The van der Waals surface area contributed by atoms with Crippen molar-refractivity contribution in [3.05, 3.63) is 24.8 Å². The highest BCUT2D eigenvalue weighted by atomic mass is 14.1. The number of allylic oxidation sites excluding steroid dienone is 2. The van der Waals surface area contributed by atoms with Gasteiger partial charge in [0.25, 0.3) is 0 Å². The van der Waals surface area contributed by atoms with Crippen LogP contribution in [-0.2, 0) is 0 Å². The lowest BCUT2D eigenvalue weighted by Crippen LogP contribution is -2.04. The molecule has 0 spiro atoms. The molecular weight excluding hydrogens is 108 g/mol. The zero-order chi connectivity index (χ0) is 7.49. The van der Waals surface area contributed by atoms with Crippen molar-refractivity contribution in [3.8, 4) is 0 Å². The van der Waals surface area contributed by atoms with Crippen molar-refractivity contribution in [1.82, 2.24) is 0 Å². The Morgan fingerprint density at radius 2 is 1.89 bits per heavy atom. The normalized spacial score (nSPS) is 11.0. The topological polar surface area (TPSA) is 0 Å². The summed E-state index contributed by atoms with van der Waals surface area (Å²) in [5, 5.41) is 0. The maximum absolute atomic E-state index is 3.84. The molecule has 0 bridgehead atoms. The fourth-order valence-corrected chi connectivity index (χ4v) is 0.753. The Hall–Kier alpha value is -0.520. The second kappa shape index (κ2) is 2.86. The first-order valence-electron chi connectivity index (χ1n) is 3.26. The molecule has 0 heteroatoms. The molecule has 0 N–H and O–H groups in total. The van der Waals surface area contributed by atoms with E-state index in [4.69, 9.17) is 0 Å². The number of hydrogen-bond acceptors (Lipinski definition) is 0. The average molecular weight is 124 g/mol. The zero-order valence-electron chi connectivity index (χ0n) is 6.70. The van der Waals surface area contributed by atoms with Gasteiger partial charge in [0, 0.05) is 0 Å². The van der Waals surface area contributed by atoms with Crippen LogP contribution in [0.2, 0.25) is 0 Å². The van der Waals surface area contributed by atoms with Gasteiger partial charge in [-0.1, -0.05) is 45.6 Å². The van der Waals surface area contributed by atoms with Gasteiger partial charge in [-0.3, -0.25) is 0 Å². The maximum Gasteiger partial charge on any atom is -0.0236 e. The molecule has 0 fully saturated rings. The van der Waals surface area contributed by atoms with E-state index in [-0.39, 0.29) is 0 Å². The van der Waals surface area contributed by atoms with Crippen LogP contribution in [0.1, 0.15) is 27.2 Å². The van der Waals surface area contributed by atoms with Crippen molar-refractivity contribution in [3.63, 3.8) is 0 Å². The van der Waals surface area contributed by atoms with Gasteiger partial charge in [-0.05, 0) is 11.8 Å². The Labute approximate surface area is 58.3 Å². The smallest absolute Gasteiger partial charge is 0.0236 e. The van der Waals surface area contributed by atoms with Crippen LogP contribution in [0.3, 0.4) is 0 Å². The molecule has 0 radical (unpaired) electrons. The van der Waals surface area contributed by atoms with E-state index in [1.165, 1.54) is 0 Å². The first-order chi connectivity index (χ1) is 3.95. The van der Waals surface area contributed by atoms with Gasteiger partial charge in [-0.2, -0.15) is 0 Å². The van der Waals surface area contributed by atoms with Crippen LogP contribution in [0.15, 0.2) is 24.8 Å². The van der Waals surface area contributed by atoms with Crippen LogP contribution >= 0.6 is 0 Å². The van der Waals surface area contributed by atoms with Crippen LogP contribution in [0.5, 0.6) is 0 Å². The standard InChI is InChI=1S/C9H16/c1-6-8(2)7-9(3,4)5/h6H,1-2,7H2,3-5H3. The third-order valence-electron chi connectivity index (χ3n) is 1.05. The molecule has 0 heterocycles. The molecule has 0 nitrogen and oxygen atoms in total. The number of rotatable bonds is 2. The van der Waals surface area contributed by atoms with E-state index in [0.717, 1.165) is 12.0 Å². The molecule has 0 aliphatic rings. The summed E-state index contributed by atoms with van der Waals surface area (Å²) in [6.45, 7) is 14.1. The molecule has 0 aromatic carbocycles. The van der Waals surface area contributed by atoms with Gasteiger partial charge in [0.15, 0.2) is 0 Å². The molecular formula is C9H16. The van der Waals surface area contributed by atoms with Gasteiger partial charge in [-0.15, -0.1) is 0 Å². The first kappa shape index (κ1) is 8.48. The van der Waals surface area contributed by atoms with Crippen molar-refractivity contribution in [2.45, 2.75) is 27.2 Å². The average Bonchev–Trinajstić information content (AvgIpc) is 1.62. The molecule has 0 unspecified atom stereocenters. The fourth-order valence-electron chi connectivity index (χ4n) is 0.753. The Morgan fingerprint density at radius 1 is 1.44 bits per heavy atom. The molecule has 0 aliphatic carbocycles. The van der Waals surface area contributed by atoms with Gasteiger partial charge in [0.05, 0.1) is 0 Å². The van der Waals surface area contributed by atoms with Gasteiger partial charge < -0.3 is 0 Å². The largest absolute Gasteiger partial charge is 0.0988 e. The second-order valence-corrected chi connectivity index (χ2v) is 3.60. The van der Waals surface area contributed by atoms with E-state index in [9.17, 15) is 0 Å². The highest BCUT2D eigenvalue weighted by Gasteiger charge is 2.09. The Morgan fingerprint density at radius 3 is 2.00 bits per heavy atom. The summed E-state index contributed by atoms with van der Waals surface area (Å²) in [5.41, 5.74) is 1.48. The summed E-state index contributed by atoms with van der Waals surface area (Å²) in [4.78, 5) is 0. The van der Waals surface area contributed by atoms with Crippen molar-refractivity contribution in [2.75, 3.05) is 0 Å². The van der Waals surface area contributed by atoms with Crippen LogP contribution in [0.25, 0.3) is 0 Å².